The van der Waals surface area contributed by atoms with Crippen molar-refractivity contribution in [1.29, 1.82) is 0 Å². The first kappa shape index (κ1) is 16.2. The molecule has 1 aliphatic heterocycles. The lowest BCUT2D eigenvalue weighted by atomic mass is 9.97. The van der Waals surface area contributed by atoms with Crippen molar-refractivity contribution in [2.24, 2.45) is 5.92 Å². The second-order valence-corrected chi connectivity index (χ2v) is 6.00. The molecule has 0 aromatic carbocycles. The van der Waals surface area contributed by atoms with Crippen LogP contribution in [-0.2, 0) is 11.3 Å². The molecule has 0 atom stereocenters. The van der Waals surface area contributed by atoms with Gasteiger partial charge in [0, 0.05) is 43.8 Å². The Hall–Kier alpha value is -2.70. The van der Waals surface area contributed by atoms with Gasteiger partial charge in [0.15, 0.2) is 0 Å². The largest absolute Gasteiger partial charge is 0.481 e. The topological polar surface area (TPSA) is 91.2 Å². The Bertz CT molecular complexity index is 699. The molecule has 24 heavy (non-hydrogen) atoms. The van der Waals surface area contributed by atoms with Crippen molar-refractivity contribution in [3.63, 3.8) is 0 Å². The van der Waals surface area contributed by atoms with Gasteiger partial charge in [0.2, 0.25) is 5.95 Å². The number of anilines is 2. The molecule has 0 saturated carbocycles. The fourth-order valence-electron chi connectivity index (χ4n) is 2.83. The average molecular weight is 327 g/mol. The quantitative estimate of drug-likeness (QED) is 0.869. The molecule has 0 bridgehead atoms. The van der Waals surface area contributed by atoms with Gasteiger partial charge in [0.1, 0.15) is 5.82 Å². The molecule has 3 rings (SSSR count). The third kappa shape index (κ3) is 3.98. The summed E-state index contributed by atoms with van der Waals surface area (Å²) in [6.45, 7) is 3.98. The minimum atomic E-state index is -0.701. The molecule has 3 heterocycles. The van der Waals surface area contributed by atoms with Crippen LogP contribution in [0.25, 0.3) is 0 Å². The van der Waals surface area contributed by atoms with E-state index in [1.165, 1.54) is 0 Å². The highest BCUT2D eigenvalue weighted by molar-refractivity contribution is 5.70. The first-order valence-corrected chi connectivity index (χ1v) is 8.08. The first-order valence-electron chi connectivity index (χ1n) is 8.08. The number of piperidine rings is 1. The Morgan fingerprint density at radius 3 is 2.67 bits per heavy atom. The van der Waals surface area contributed by atoms with Crippen LogP contribution >= 0.6 is 0 Å². The number of carboxylic acid groups (broad SMARTS) is 1. The summed E-state index contributed by atoms with van der Waals surface area (Å²) in [5.74, 6) is 0.493. The molecule has 7 heteroatoms. The molecular formula is C17H21N5O2. The lowest BCUT2D eigenvalue weighted by Gasteiger charge is -2.31. The lowest BCUT2D eigenvalue weighted by Crippen LogP contribution is -2.37. The Morgan fingerprint density at radius 1 is 1.29 bits per heavy atom. The number of carbonyl (C=O) groups is 1. The van der Waals surface area contributed by atoms with Crippen molar-refractivity contribution in [2.75, 3.05) is 23.3 Å². The van der Waals surface area contributed by atoms with Gasteiger partial charge in [-0.25, -0.2) is 4.98 Å². The Kier molecular flexibility index (Phi) is 4.88. The maximum atomic E-state index is 11.1. The number of aryl methyl sites for hydroxylation is 1. The molecule has 0 spiro atoms. The van der Waals surface area contributed by atoms with Crippen LogP contribution in [0.5, 0.6) is 0 Å². The molecule has 1 aliphatic rings. The highest BCUT2D eigenvalue weighted by Crippen LogP contribution is 2.23. The Labute approximate surface area is 140 Å². The van der Waals surface area contributed by atoms with E-state index in [2.05, 4.69) is 25.2 Å². The van der Waals surface area contributed by atoms with Crippen LogP contribution in [0.3, 0.4) is 0 Å². The van der Waals surface area contributed by atoms with E-state index in [0.29, 0.717) is 38.4 Å². The summed E-state index contributed by atoms with van der Waals surface area (Å²) in [4.78, 5) is 26.2. The number of hydrogen-bond donors (Lipinski definition) is 2. The molecule has 1 fully saturated rings. The van der Waals surface area contributed by atoms with Crippen molar-refractivity contribution in [2.45, 2.75) is 26.3 Å². The summed E-state index contributed by atoms with van der Waals surface area (Å²) in [6, 6.07) is 5.83. The smallest absolute Gasteiger partial charge is 0.306 e. The standard InChI is InChI=1S/C17H21N5O2/c1-12-10-15(22-8-4-14(5-9-22)16(23)24)21-17(20-12)19-11-13-2-6-18-7-3-13/h2-3,6-7,10,14H,4-5,8-9,11H2,1H3,(H,23,24)(H,19,20,21). The maximum absolute atomic E-state index is 11.1. The van der Waals surface area contributed by atoms with E-state index in [4.69, 9.17) is 5.11 Å². The highest BCUT2D eigenvalue weighted by Gasteiger charge is 2.25. The number of hydrogen-bond acceptors (Lipinski definition) is 6. The van der Waals surface area contributed by atoms with Gasteiger partial charge in [-0.2, -0.15) is 4.98 Å². The van der Waals surface area contributed by atoms with Crippen LogP contribution in [0.2, 0.25) is 0 Å². The monoisotopic (exact) mass is 327 g/mol. The fourth-order valence-corrected chi connectivity index (χ4v) is 2.83. The molecule has 0 amide bonds. The van der Waals surface area contributed by atoms with Gasteiger partial charge in [-0.3, -0.25) is 9.78 Å². The van der Waals surface area contributed by atoms with Crippen LogP contribution in [-0.4, -0.2) is 39.1 Å². The van der Waals surface area contributed by atoms with Crippen molar-refractivity contribution in [3.8, 4) is 0 Å². The number of pyridine rings is 1. The van der Waals surface area contributed by atoms with Gasteiger partial charge in [-0.1, -0.05) is 0 Å². The van der Waals surface area contributed by atoms with E-state index in [1.54, 1.807) is 12.4 Å². The van der Waals surface area contributed by atoms with Crippen molar-refractivity contribution in [1.82, 2.24) is 15.0 Å². The third-order valence-corrected chi connectivity index (χ3v) is 4.21. The molecule has 2 aromatic heterocycles. The fraction of sp³-hybridized carbons (Fsp3) is 0.412. The summed E-state index contributed by atoms with van der Waals surface area (Å²) >= 11 is 0. The molecule has 1 saturated heterocycles. The summed E-state index contributed by atoms with van der Waals surface area (Å²) in [7, 11) is 0. The number of rotatable bonds is 5. The van der Waals surface area contributed by atoms with E-state index in [1.807, 2.05) is 25.1 Å². The molecule has 0 unspecified atom stereocenters. The Balaban J connectivity index is 1.67. The first-order chi connectivity index (χ1) is 11.6. The minimum Gasteiger partial charge on any atom is -0.481 e. The Morgan fingerprint density at radius 2 is 2.00 bits per heavy atom. The number of nitrogens with zero attached hydrogens (tertiary/aromatic N) is 4. The summed E-state index contributed by atoms with van der Waals surface area (Å²) in [6.07, 6.45) is 4.81. The molecule has 7 nitrogen and oxygen atoms in total. The van der Waals surface area contributed by atoms with E-state index in [-0.39, 0.29) is 5.92 Å². The van der Waals surface area contributed by atoms with E-state index in [9.17, 15) is 4.79 Å². The number of aliphatic carboxylic acids is 1. The van der Waals surface area contributed by atoms with E-state index in [0.717, 1.165) is 17.1 Å². The molecule has 2 aromatic rings. The zero-order chi connectivity index (χ0) is 16.9. The normalized spacial score (nSPS) is 15.3. The van der Waals surface area contributed by atoms with Crippen LogP contribution in [0.1, 0.15) is 24.1 Å². The maximum Gasteiger partial charge on any atom is 0.306 e. The molecule has 2 N–H and O–H groups in total. The van der Waals surface area contributed by atoms with Gasteiger partial charge in [0.25, 0.3) is 0 Å². The van der Waals surface area contributed by atoms with Crippen molar-refractivity contribution >= 4 is 17.7 Å². The molecular weight excluding hydrogens is 306 g/mol. The lowest BCUT2D eigenvalue weighted by molar-refractivity contribution is -0.142. The van der Waals surface area contributed by atoms with Gasteiger partial charge < -0.3 is 15.3 Å². The summed E-state index contributed by atoms with van der Waals surface area (Å²) in [5.41, 5.74) is 2.00. The molecule has 126 valence electrons. The molecule has 0 radical (unpaired) electrons. The third-order valence-electron chi connectivity index (χ3n) is 4.21. The van der Waals surface area contributed by atoms with Crippen molar-refractivity contribution in [3.05, 3.63) is 41.9 Å². The second-order valence-electron chi connectivity index (χ2n) is 6.00. The number of nitrogens with one attached hydrogen (secondary N) is 1. The van der Waals surface area contributed by atoms with Crippen LogP contribution in [0, 0.1) is 12.8 Å². The number of carboxylic acids is 1. The summed E-state index contributed by atoms with van der Waals surface area (Å²) in [5, 5.41) is 12.3. The predicted molar refractivity (Wildman–Crippen MR) is 90.9 cm³/mol. The second kappa shape index (κ2) is 7.25. The van der Waals surface area contributed by atoms with E-state index >= 15 is 0 Å². The van der Waals surface area contributed by atoms with Crippen LogP contribution < -0.4 is 10.2 Å². The highest BCUT2D eigenvalue weighted by atomic mass is 16.4. The summed E-state index contributed by atoms with van der Waals surface area (Å²) < 4.78 is 0. The van der Waals surface area contributed by atoms with Crippen LogP contribution in [0.4, 0.5) is 11.8 Å². The zero-order valence-electron chi connectivity index (χ0n) is 13.6. The van der Waals surface area contributed by atoms with Crippen molar-refractivity contribution < 1.29 is 9.90 Å². The van der Waals surface area contributed by atoms with Gasteiger partial charge in [0.05, 0.1) is 5.92 Å². The van der Waals surface area contributed by atoms with E-state index < -0.39 is 5.97 Å². The number of aromatic nitrogens is 3. The van der Waals surface area contributed by atoms with Gasteiger partial charge >= 0.3 is 5.97 Å². The molecule has 0 aliphatic carbocycles. The van der Waals surface area contributed by atoms with Crippen LogP contribution in [0.15, 0.2) is 30.6 Å². The SMILES string of the molecule is Cc1cc(N2CCC(C(=O)O)CC2)nc(NCc2ccncc2)n1. The minimum absolute atomic E-state index is 0.242. The zero-order valence-corrected chi connectivity index (χ0v) is 13.6. The average Bonchev–Trinajstić information content (AvgIpc) is 2.60. The predicted octanol–water partition coefficient (Wildman–Crippen LogP) is 2.09. The van der Waals surface area contributed by atoms with Gasteiger partial charge in [-0.15, -0.1) is 0 Å². The van der Waals surface area contributed by atoms with Gasteiger partial charge in [-0.05, 0) is 37.5 Å².